The summed E-state index contributed by atoms with van der Waals surface area (Å²) in [6.07, 6.45) is 0. The van der Waals surface area contributed by atoms with E-state index in [0.29, 0.717) is 18.2 Å². The van der Waals surface area contributed by atoms with Gasteiger partial charge in [-0.05, 0) is 39.7 Å². The Labute approximate surface area is 120 Å². The third kappa shape index (κ3) is 3.25. The van der Waals surface area contributed by atoms with Crippen LogP contribution in [0.2, 0.25) is 5.02 Å². The standard InChI is InChI=1S/C14H13BrClNO/c15-12-7-10(8-17)5-6-14(12)18-9-11-3-1-2-4-13(11)16/h1-7H,8-9,17H2. The highest BCUT2D eigenvalue weighted by molar-refractivity contribution is 9.10. The van der Waals surface area contributed by atoms with Gasteiger partial charge in [-0.25, -0.2) is 0 Å². The van der Waals surface area contributed by atoms with Crippen LogP contribution in [-0.2, 0) is 13.2 Å². The maximum atomic E-state index is 6.07. The molecule has 0 aliphatic carbocycles. The largest absolute Gasteiger partial charge is 0.488 e. The second-order valence-corrected chi connectivity index (χ2v) is 5.11. The summed E-state index contributed by atoms with van der Waals surface area (Å²) in [5, 5.41) is 0.715. The van der Waals surface area contributed by atoms with Crippen molar-refractivity contribution in [2.45, 2.75) is 13.2 Å². The maximum Gasteiger partial charge on any atom is 0.134 e. The van der Waals surface area contributed by atoms with Gasteiger partial charge in [0.2, 0.25) is 0 Å². The summed E-state index contributed by atoms with van der Waals surface area (Å²) in [5.41, 5.74) is 7.60. The molecule has 94 valence electrons. The third-order valence-corrected chi connectivity index (χ3v) is 3.56. The summed E-state index contributed by atoms with van der Waals surface area (Å²) in [6, 6.07) is 13.5. The van der Waals surface area contributed by atoms with Gasteiger partial charge in [0.05, 0.1) is 4.47 Å². The molecular weight excluding hydrogens is 314 g/mol. The average molecular weight is 327 g/mol. The quantitative estimate of drug-likeness (QED) is 0.916. The molecule has 0 aliphatic heterocycles. The fourth-order valence-corrected chi connectivity index (χ4v) is 2.29. The Morgan fingerprint density at radius 3 is 2.61 bits per heavy atom. The zero-order valence-electron chi connectivity index (χ0n) is 9.70. The van der Waals surface area contributed by atoms with Crippen molar-refractivity contribution in [3.8, 4) is 5.75 Å². The van der Waals surface area contributed by atoms with E-state index in [0.717, 1.165) is 21.3 Å². The molecule has 2 aromatic carbocycles. The van der Waals surface area contributed by atoms with Crippen molar-refractivity contribution >= 4 is 27.5 Å². The van der Waals surface area contributed by atoms with E-state index in [4.69, 9.17) is 22.1 Å². The van der Waals surface area contributed by atoms with E-state index in [2.05, 4.69) is 15.9 Å². The highest BCUT2D eigenvalue weighted by Gasteiger charge is 2.04. The normalized spacial score (nSPS) is 10.4. The molecule has 2 N–H and O–H groups in total. The molecule has 2 rings (SSSR count). The van der Waals surface area contributed by atoms with E-state index in [1.165, 1.54) is 0 Å². The lowest BCUT2D eigenvalue weighted by atomic mass is 10.2. The molecule has 0 aliphatic rings. The lowest BCUT2D eigenvalue weighted by Gasteiger charge is -2.10. The van der Waals surface area contributed by atoms with Gasteiger partial charge in [-0.1, -0.05) is 35.9 Å². The first-order chi connectivity index (χ1) is 8.70. The highest BCUT2D eigenvalue weighted by atomic mass is 79.9. The Hall–Kier alpha value is -1.03. The summed E-state index contributed by atoms with van der Waals surface area (Å²) in [5.74, 6) is 0.784. The monoisotopic (exact) mass is 325 g/mol. The van der Waals surface area contributed by atoms with E-state index in [1.807, 2.05) is 42.5 Å². The van der Waals surface area contributed by atoms with Gasteiger partial charge in [0.15, 0.2) is 0 Å². The lowest BCUT2D eigenvalue weighted by Crippen LogP contribution is -1.99. The van der Waals surface area contributed by atoms with Crippen molar-refractivity contribution in [2.24, 2.45) is 5.73 Å². The van der Waals surface area contributed by atoms with E-state index < -0.39 is 0 Å². The van der Waals surface area contributed by atoms with Crippen molar-refractivity contribution < 1.29 is 4.74 Å². The molecule has 2 nitrogen and oxygen atoms in total. The molecule has 4 heteroatoms. The number of nitrogens with two attached hydrogens (primary N) is 1. The fraction of sp³-hybridized carbons (Fsp3) is 0.143. The van der Waals surface area contributed by atoms with Crippen molar-refractivity contribution in [1.29, 1.82) is 0 Å². The van der Waals surface area contributed by atoms with Crippen molar-refractivity contribution in [3.05, 3.63) is 63.1 Å². The fourth-order valence-electron chi connectivity index (χ4n) is 1.56. The van der Waals surface area contributed by atoms with Gasteiger partial charge in [-0.15, -0.1) is 0 Å². The van der Waals surface area contributed by atoms with Gasteiger partial charge in [-0.3, -0.25) is 0 Å². The van der Waals surface area contributed by atoms with Gasteiger partial charge in [0.1, 0.15) is 12.4 Å². The van der Waals surface area contributed by atoms with Gasteiger partial charge in [0, 0.05) is 17.1 Å². The highest BCUT2D eigenvalue weighted by Crippen LogP contribution is 2.27. The second kappa shape index (κ2) is 6.23. The van der Waals surface area contributed by atoms with E-state index >= 15 is 0 Å². The van der Waals surface area contributed by atoms with Gasteiger partial charge >= 0.3 is 0 Å². The van der Waals surface area contributed by atoms with Crippen LogP contribution >= 0.6 is 27.5 Å². The predicted molar refractivity (Wildman–Crippen MR) is 77.8 cm³/mol. The van der Waals surface area contributed by atoms with Crippen LogP contribution in [0.3, 0.4) is 0 Å². The topological polar surface area (TPSA) is 35.2 Å². The van der Waals surface area contributed by atoms with Crippen molar-refractivity contribution in [3.63, 3.8) is 0 Å². The van der Waals surface area contributed by atoms with Crippen LogP contribution in [0.15, 0.2) is 46.9 Å². The van der Waals surface area contributed by atoms with E-state index in [1.54, 1.807) is 0 Å². The Bertz CT molecular complexity index is 545. The molecule has 18 heavy (non-hydrogen) atoms. The molecule has 0 aromatic heterocycles. The maximum absolute atomic E-state index is 6.07. The first kappa shape index (κ1) is 13.4. The molecule has 0 saturated carbocycles. The Morgan fingerprint density at radius 1 is 1.17 bits per heavy atom. The molecule has 0 unspecified atom stereocenters. The summed E-state index contributed by atoms with van der Waals surface area (Å²) in [6.45, 7) is 0.962. The molecule has 0 saturated heterocycles. The van der Waals surface area contributed by atoms with E-state index in [-0.39, 0.29) is 0 Å². The minimum Gasteiger partial charge on any atom is -0.488 e. The zero-order chi connectivity index (χ0) is 13.0. The molecule has 0 fully saturated rings. The lowest BCUT2D eigenvalue weighted by molar-refractivity contribution is 0.304. The molecule has 2 aromatic rings. The van der Waals surface area contributed by atoms with E-state index in [9.17, 15) is 0 Å². The minimum atomic E-state index is 0.445. The molecule has 0 atom stereocenters. The minimum absolute atomic E-state index is 0.445. The summed E-state index contributed by atoms with van der Waals surface area (Å²) in [4.78, 5) is 0. The summed E-state index contributed by atoms with van der Waals surface area (Å²) >= 11 is 9.54. The number of ether oxygens (including phenoxy) is 1. The Balaban J connectivity index is 2.09. The van der Waals surface area contributed by atoms with Crippen LogP contribution in [0.25, 0.3) is 0 Å². The molecule has 0 bridgehead atoms. The number of hydrogen-bond donors (Lipinski definition) is 1. The number of halogens is 2. The second-order valence-electron chi connectivity index (χ2n) is 3.85. The number of rotatable bonds is 4. The van der Waals surface area contributed by atoms with Gasteiger partial charge < -0.3 is 10.5 Å². The summed E-state index contributed by atoms with van der Waals surface area (Å²) in [7, 11) is 0. The van der Waals surface area contributed by atoms with Crippen LogP contribution in [0.5, 0.6) is 5.75 Å². The van der Waals surface area contributed by atoms with Gasteiger partial charge in [0.25, 0.3) is 0 Å². The van der Waals surface area contributed by atoms with Crippen LogP contribution in [-0.4, -0.2) is 0 Å². The molecular formula is C14H13BrClNO. The number of benzene rings is 2. The molecule has 0 amide bonds. The number of hydrogen-bond acceptors (Lipinski definition) is 2. The Morgan fingerprint density at radius 2 is 1.94 bits per heavy atom. The SMILES string of the molecule is NCc1ccc(OCc2ccccc2Cl)c(Br)c1. The zero-order valence-corrected chi connectivity index (χ0v) is 12.0. The third-order valence-electron chi connectivity index (χ3n) is 2.57. The van der Waals surface area contributed by atoms with Crippen LogP contribution in [0.4, 0.5) is 0 Å². The molecule has 0 spiro atoms. The molecule has 0 radical (unpaired) electrons. The first-order valence-corrected chi connectivity index (χ1v) is 6.72. The van der Waals surface area contributed by atoms with Crippen LogP contribution in [0.1, 0.15) is 11.1 Å². The predicted octanol–water partition coefficient (Wildman–Crippen LogP) is 4.14. The average Bonchev–Trinajstić information content (AvgIpc) is 2.39. The van der Waals surface area contributed by atoms with Crippen molar-refractivity contribution in [1.82, 2.24) is 0 Å². The Kier molecular flexibility index (Phi) is 4.64. The van der Waals surface area contributed by atoms with Crippen LogP contribution in [0, 0.1) is 0 Å². The molecule has 0 heterocycles. The van der Waals surface area contributed by atoms with Crippen molar-refractivity contribution in [2.75, 3.05) is 0 Å². The van der Waals surface area contributed by atoms with Gasteiger partial charge in [-0.2, -0.15) is 0 Å². The van der Waals surface area contributed by atoms with Crippen LogP contribution < -0.4 is 10.5 Å². The first-order valence-electron chi connectivity index (χ1n) is 5.55. The smallest absolute Gasteiger partial charge is 0.134 e. The summed E-state index contributed by atoms with van der Waals surface area (Å²) < 4.78 is 6.63.